The fourth-order valence-corrected chi connectivity index (χ4v) is 0.951. The number of halogens is 2. The number of ether oxygens (including phenoxy) is 1. The molecular weight excluding hydrogens is 180 g/mol. The van der Waals surface area contributed by atoms with Crippen LogP contribution in [-0.2, 0) is 6.54 Å². The van der Waals surface area contributed by atoms with Gasteiger partial charge < -0.3 is 9.94 Å². The average Bonchev–Trinajstić information content (AvgIpc) is 2.14. The lowest BCUT2D eigenvalue weighted by atomic mass is 10.2. The number of hydrogen-bond donors (Lipinski definition) is 2. The summed E-state index contributed by atoms with van der Waals surface area (Å²) >= 11 is 0. The predicted molar refractivity (Wildman–Crippen MR) is 41.5 cm³/mol. The van der Waals surface area contributed by atoms with Gasteiger partial charge in [0.1, 0.15) is 0 Å². The Morgan fingerprint density at radius 3 is 2.62 bits per heavy atom. The molecule has 0 bridgehead atoms. The first kappa shape index (κ1) is 9.88. The van der Waals surface area contributed by atoms with Crippen molar-refractivity contribution in [3.63, 3.8) is 0 Å². The van der Waals surface area contributed by atoms with Crippen LogP contribution in [0.15, 0.2) is 12.1 Å². The van der Waals surface area contributed by atoms with Gasteiger partial charge in [0.15, 0.2) is 11.6 Å². The van der Waals surface area contributed by atoms with E-state index in [1.54, 1.807) is 5.48 Å². The van der Waals surface area contributed by atoms with Crippen molar-refractivity contribution < 1.29 is 18.7 Å². The third-order valence-electron chi connectivity index (χ3n) is 1.62. The van der Waals surface area contributed by atoms with E-state index in [-0.39, 0.29) is 17.9 Å². The van der Waals surface area contributed by atoms with Crippen molar-refractivity contribution in [2.75, 3.05) is 7.11 Å². The van der Waals surface area contributed by atoms with E-state index in [2.05, 4.69) is 4.74 Å². The molecule has 2 N–H and O–H groups in total. The SMILES string of the molecule is COc1ccc(CNO)c(F)c1F. The Labute approximate surface area is 73.9 Å². The lowest BCUT2D eigenvalue weighted by Crippen LogP contribution is -2.09. The Kier molecular flexibility index (Phi) is 3.16. The number of methoxy groups -OCH3 is 1. The van der Waals surface area contributed by atoms with E-state index < -0.39 is 11.6 Å². The fraction of sp³-hybridized carbons (Fsp3) is 0.250. The molecule has 0 spiro atoms. The standard InChI is InChI=1S/C8H9F2NO2/c1-13-6-3-2-5(4-11-12)7(9)8(6)10/h2-3,11-12H,4H2,1H3. The van der Waals surface area contributed by atoms with E-state index in [9.17, 15) is 8.78 Å². The van der Waals surface area contributed by atoms with Crippen LogP contribution < -0.4 is 10.2 Å². The molecule has 13 heavy (non-hydrogen) atoms. The van der Waals surface area contributed by atoms with Crippen LogP contribution in [0.3, 0.4) is 0 Å². The summed E-state index contributed by atoms with van der Waals surface area (Å²) in [7, 11) is 1.25. The second-order valence-corrected chi connectivity index (χ2v) is 2.39. The molecule has 5 heteroatoms. The van der Waals surface area contributed by atoms with Crippen molar-refractivity contribution >= 4 is 0 Å². The van der Waals surface area contributed by atoms with E-state index in [1.807, 2.05) is 0 Å². The summed E-state index contributed by atoms with van der Waals surface area (Å²) < 4.78 is 30.6. The van der Waals surface area contributed by atoms with Gasteiger partial charge in [-0.3, -0.25) is 0 Å². The molecule has 0 aliphatic rings. The van der Waals surface area contributed by atoms with Gasteiger partial charge in [0.05, 0.1) is 7.11 Å². The number of benzene rings is 1. The average molecular weight is 189 g/mol. The van der Waals surface area contributed by atoms with Gasteiger partial charge in [0.2, 0.25) is 5.82 Å². The highest BCUT2D eigenvalue weighted by atomic mass is 19.2. The lowest BCUT2D eigenvalue weighted by Gasteiger charge is -2.06. The van der Waals surface area contributed by atoms with Crippen molar-refractivity contribution in [1.29, 1.82) is 0 Å². The topological polar surface area (TPSA) is 41.5 Å². The highest BCUT2D eigenvalue weighted by Gasteiger charge is 2.12. The van der Waals surface area contributed by atoms with E-state index >= 15 is 0 Å². The number of rotatable bonds is 3. The first-order chi connectivity index (χ1) is 6.20. The van der Waals surface area contributed by atoms with E-state index in [0.717, 1.165) is 0 Å². The first-order valence-corrected chi connectivity index (χ1v) is 3.58. The zero-order chi connectivity index (χ0) is 9.84. The Bertz CT molecular complexity index is 304. The Hall–Kier alpha value is -1.20. The molecule has 0 heterocycles. The largest absolute Gasteiger partial charge is 0.494 e. The maximum Gasteiger partial charge on any atom is 0.200 e. The van der Waals surface area contributed by atoms with Crippen LogP contribution in [-0.4, -0.2) is 12.3 Å². The first-order valence-electron chi connectivity index (χ1n) is 3.58. The Morgan fingerprint density at radius 2 is 2.08 bits per heavy atom. The second kappa shape index (κ2) is 4.15. The third-order valence-corrected chi connectivity index (χ3v) is 1.62. The summed E-state index contributed by atoms with van der Waals surface area (Å²) in [5.74, 6) is -2.21. The summed E-state index contributed by atoms with van der Waals surface area (Å²) in [5.41, 5.74) is 1.78. The normalized spacial score (nSPS) is 10.2. The van der Waals surface area contributed by atoms with E-state index in [4.69, 9.17) is 5.21 Å². The van der Waals surface area contributed by atoms with Gasteiger partial charge in [-0.1, -0.05) is 6.07 Å². The monoisotopic (exact) mass is 189 g/mol. The molecular formula is C8H9F2NO2. The number of nitrogens with one attached hydrogen (secondary N) is 1. The minimum atomic E-state index is -1.05. The van der Waals surface area contributed by atoms with Gasteiger partial charge in [-0.15, -0.1) is 0 Å². The minimum Gasteiger partial charge on any atom is -0.494 e. The van der Waals surface area contributed by atoms with Crippen LogP contribution in [0.2, 0.25) is 0 Å². The summed E-state index contributed by atoms with van der Waals surface area (Å²) in [6, 6.07) is 2.63. The van der Waals surface area contributed by atoms with Crippen molar-refractivity contribution in [3.8, 4) is 5.75 Å². The molecule has 1 aromatic carbocycles. The van der Waals surface area contributed by atoms with Gasteiger partial charge in [-0.25, -0.2) is 9.87 Å². The summed E-state index contributed by atoms with van der Waals surface area (Å²) in [5, 5.41) is 8.29. The highest BCUT2D eigenvalue weighted by molar-refractivity contribution is 5.30. The zero-order valence-corrected chi connectivity index (χ0v) is 6.97. The third kappa shape index (κ3) is 1.93. The van der Waals surface area contributed by atoms with Crippen molar-refractivity contribution in [1.82, 2.24) is 5.48 Å². The predicted octanol–water partition coefficient (Wildman–Crippen LogP) is 1.45. The zero-order valence-electron chi connectivity index (χ0n) is 6.97. The van der Waals surface area contributed by atoms with Crippen LogP contribution in [0, 0.1) is 11.6 Å². The molecule has 0 radical (unpaired) electrons. The van der Waals surface area contributed by atoms with Gasteiger partial charge in [0.25, 0.3) is 0 Å². The Balaban J connectivity index is 3.07. The molecule has 1 aromatic rings. The molecule has 0 aliphatic heterocycles. The van der Waals surface area contributed by atoms with Crippen LogP contribution in [0.1, 0.15) is 5.56 Å². The molecule has 3 nitrogen and oxygen atoms in total. The molecule has 1 rings (SSSR count). The second-order valence-electron chi connectivity index (χ2n) is 2.39. The van der Waals surface area contributed by atoms with Crippen LogP contribution in [0.4, 0.5) is 8.78 Å². The van der Waals surface area contributed by atoms with Crippen molar-refractivity contribution in [2.24, 2.45) is 0 Å². The highest BCUT2D eigenvalue weighted by Crippen LogP contribution is 2.21. The molecule has 0 fully saturated rings. The van der Waals surface area contributed by atoms with E-state index in [1.165, 1.54) is 19.2 Å². The van der Waals surface area contributed by atoms with Crippen molar-refractivity contribution in [2.45, 2.75) is 6.54 Å². The van der Waals surface area contributed by atoms with Gasteiger partial charge in [-0.05, 0) is 6.07 Å². The van der Waals surface area contributed by atoms with Crippen molar-refractivity contribution in [3.05, 3.63) is 29.3 Å². The molecule has 0 atom stereocenters. The summed E-state index contributed by atoms with van der Waals surface area (Å²) in [6.07, 6.45) is 0. The number of hydroxylamine groups is 1. The van der Waals surface area contributed by atoms with E-state index in [0.29, 0.717) is 0 Å². The number of hydrogen-bond acceptors (Lipinski definition) is 3. The maximum absolute atomic E-state index is 13.0. The maximum atomic E-state index is 13.0. The molecule has 72 valence electrons. The molecule has 0 saturated heterocycles. The molecule has 0 amide bonds. The van der Waals surface area contributed by atoms with Gasteiger partial charge in [-0.2, -0.15) is 4.39 Å². The fourth-order valence-electron chi connectivity index (χ4n) is 0.951. The minimum absolute atomic E-state index is 0.0424. The molecule has 0 saturated carbocycles. The van der Waals surface area contributed by atoms with Crippen LogP contribution in [0.25, 0.3) is 0 Å². The molecule has 0 aromatic heterocycles. The molecule has 0 unspecified atom stereocenters. The summed E-state index contributed by atoms with van der Waals surface area (Å²) in [4.78, 5) is 0. The smallest absolute Gasteiger partial charge is 0.200 e. The molecule has 0 aliphatic carbocycles. The van der Waals surface area contributed by atoms with Gasteiger partial charge in [0, 0.05) is 12.1 Å². The van der Waals surface area contributed by atoms with Crippen LogP contribution >= 0.6 is 0 Å². The summed E-state index contributed by atoms with van der Waals surface area (Å²) in [6.45, 7) is -0.146. The van der Waals surface area contributed by atoms with Crippen LogP contribution in [0.5, 0.6) is 5.75 Å². The van der Waals surface area contributed by atoms with Gasteiger partial charge >= 0.3 is 0 Å². The lowest BCUT2D eigenvalue weighted by molar-refractivity contribution is 0.159. The Morgan fingerprint density at radius 1 is 1.38 bits per heavy atom. The quantitative estimate of drug-likeness (QED) is 0.707.